The van der Waals surface area contributed by atoms with Crippen LogP contribution in [-0.4, -0.2) is 52.9 Å². The lowest BCUT2D eigenvalue weighted by Gasteiger charge is -2.45. The fourth-order valence-corrected chi connectivity index (χ4v) is 10.0. The Labute approximate surface area is 185 Å². The molecule has 0 spiro atoms. The Kier molecular flexibility index (Phi) is 5.96. The largest absolute Gasteiger partial charge is 0.404 e. The highest BCUT2D eigenvalue weighted by Crippen LogP contribution is 2.49. The van der Waals surface area contributed by atoms with Crippen molar-refractivity contribution in [2.75, 3.05) is 20.8 Å². The third-order valence-electron chi connectivity index (χ3n) is 6.77. The van der Waals surface area contributed by atoms with Crippen molar-refractivity contribution in [2.24, 2.45) is 5.92 Å². The van der Waals surface area contributed by atoms with Gasteiger partial charge in [-0.05, 0) is 15.4 Å². The van der Waals surface area contributed by atoms with Crippen LogP contribution >= 0.6 is 0 Å². The van der Waals surface area contributed by atoms with Crippen LogP contribution in [0.4, 0.5) is 0 Å². The van der Waals surface area contributed by atoms with Gasteiger partial charge < -0.3 is 18.6 Å². The number of ether oxygens (including phenoxy) is 3. The Hall–Kier alpha value is -1.83. The van der Waals surface area contributed by atoms with Crippen molar-refractivity contribution in [1.82, 2.24) is 0 Å². The molecule has 0 N–H and O–H groups in total. The van der Waals surface area contributed by atoms with E-state index in [-0.39, 0.29) is 30.0 Å². The van der Waals surface area contributed by atoms with Crippen molar-refractivity contribution < 1.29 is 23.4 Å². The average Bonchev–Trinajstić information content (AvgIpc) is 3.22. The summed E-state index contributed by atoms with van der Waals surface area (Å²) in [5.74, 6) is -0.284. The average molecular weight is 441 g/mol. The second-order valence-electron chi connectivity index (χ2n) is 9.56. The van der Waals surface area contributed by atoms with E-state index in [9.17, 15) is 4.79 Å². The SMILES string of the molecule is COC1O[C@@]2(CO[Si](c3ccccc3)(c3ccccc3)C(C)(C)C)CC(=O)[C@@H]1[C@@H]2OC. The zero-order valence-corrected chi connectivity index (χ0v) is 20.0. The van der Waals surface area contributed by atoms with Crippen molar-refractivity contribution in [3.63, 3.8) is 0 Å². The molecule has 1 saturated carbocycles. The van der Waals surface area contributed by atoms with Crippen molar-refractivity contribution in [1.29, 1.82) is 0 Å². The van der Waals surface area contributed by atoms with Crippen LogP contribution in [0.25, 0.3) is 0 Å². The highest BCUT2D eigenvalue weighted by atomic mass is 28.4. The lowest BCUT2D eigenvalue weighted by molar-refractivity contribution is -0.199. The van der Waals surface area contributed by atoms with Gasteiger partial charge in [0.25, 0.3) is 8.32 Å². The fourth-order valence-electron chi connectivity index (χ4n) is 5.43. The summed E-state index contributed by atoms with van der Waals surface area (Å²) in [7, 11) is 0.460. The van der Waals surface area contributed by atoms with Crippen molar-refractivity contribution in [3.8, 4) is 0 Å². The van der Waals surface area contributed by atoms with Gasteiger partial charge in [0.05, 0.1) is 12.5 Å². The molecule has 1 aliphatic carbocycles. The van der Waals surface area contributed by atoms with Crippen molar-refractivity contribution >= 4 is 24.5 Å². The zero-order chi connectivity index (χ0) is 22.3. The maximum Gasteiger partial charge on any atom is 0.261 e. The molecule has 2 fully saturated rings. The summed E-state index contributed by atoms with van der Waals surface area (Å²) < 4.78 is 24.6. The summed E-state index contributed by atoms with van der Waals surface area (Å²) in [6, 6.07) is 20.9. The van der Waals surface area contributed by atoms with E-state index in [1.807, 2.05) is 12.1 Å². The maximum absolute atomic E-state index is 12.8. The molecule has 4 rings (SSSR count). The van der Waals surface area contributed by atoms with Crippen LogP contribution in [0.5, 0.6) is 0 Å². The van der Waals surface area contributed by atoms with Crippen LogP contribution in [-0.2, 0) is 23.4 Å². The molecule has 2 aliphatic rings. The van der Waals surface area contributed by atoms with Gasteiger partial charge in [-0.1, -0.05) is 81.4 Å². The molecule has 1 aliphatic heterocycles. The number of carbonyl (C=O) groups excluding carboxylic acids is 1. The number of fused-ring (bicyclic) bond motifs is 2. The minimum atomic E-state index is -2.75. The summed E-state index contributed by atoms with van der Waals surface area (Å²) >= 11 is 0. The molecule has 1 saturated heterocycles. The molecule has 2 aromatic carbocycles. The number of methoxy groups -OCH3 is 2. The number of rotatable bonds is 7. The van der Waals surface area contributed by atoms with E-state index >= 15 is 0 Å². The molecular formula is C25H32O5Si. The van der Waals surface area contributed by atoms with E-state index in [1.165, 1.54) is 10.4 Å². The lowest BCUT2D eigenvalue weighted by Crippen LogP contribution is -2.68. The molecular weight excluding hydrogens is 408 g/mol. The normalized spacial score (nSPS) is 28.3. The number of Topliss-reactive ketones (excluding diaryl/α,β-unsaturated/α-hetero) is 1. The van der Waals surface area contributed by atoms with Gasteiger partial charge in [0.1, 0.15) is 17.5 Å². The van der Waals surface area contributed by atoms with Crippen LogP contribution < -0.4 is 10.4 Å². The van der Waals surface area contributed by atoms with Crippen molar-refractivity contribution in [3.05, 3.63) is 60.7 Å². The number of carbonyl (C=O) groups is 1. The monoisotopic (exact) mass is 440 g/mol. The predicted octanol–water partition coefficient (Wildman–Crippen LogP) is 2.91. The quantitative estimate of drug-likeness (QED) is 0.620. The first kappa shape index (κ1) is 22.4. The third-order valence-corrected chi connectivity index (χ3v) is 11.8. The Balaban J connectivity index is 1.79. The van der Waals surface area contributed by atoms with E-state index < -0.39 is 26.1 Å². The Morgan fingerprint density at radius 1 is 0.968 bits per heavy atom. The van der Waals surface area contributed by atoms with Gasteiger partial charge in [-0.25, -0.2) is 0 Å². The van der Waals surface area contributed by atoms with E-state index in [0.29, 0.717) is 0 Å². The van der Waals surface area contributed by atoms with Crippen molar-refractivity contribution in [2.45, 2.75) is 50.2 Å². The van der Waals surface area contributed by atoms with E-state index in [2.05, 4.69) is 69.3 Å². The molecule has 6 heteroatoms. The third kappa shape index (κ3) is 3.51. The topological polar surface area (TPSA) is 54.0 Å². The molecule has 31 heavy (non-hydrogen) atoms. The predicted molar refractivity (Wildman–Crippen MR) is 122 cm³/mol. The molecule has 2 bridgehead atoms. The lowest BCUT2D eigenvalue weighted by atomic mass is 10.0. The first-order chi connectivity index (χ1) is 14.8. The van der Waals surface area contributed by atoms with Gasteiger partial charge >= 0.3 is 0 Å². The standard InChI is InChI=1S/C25H32O5Si/c1-24(2,3)31(18-12-8-6-9-13-18,19-14-10-7-11-15-19)29-17-25-16-20(26)21(22(25)27-4)23(28-5)30-25/h6-15,21-23H,16-17H2,1-5H3/t21-,22+,23?,25-/m1/s1. The molecule has 4 atom stereocenters. The van der Waals surface area contributed by atoms with E-state index in [4.69, 9.17) is 18.6 Å². The van der Waals surface area contributed by atoms with Gasteiger partial charge in [0.2, 0.25) is 0 Å². The van der Waals surface area contributed by atoms with E-state index in [0.717, 1.165) is 0 Å². The minimum absolute atomic E-state index is 0.121. The summed E-state index contributed by atoms with van der Waals surface area (Å²) in [5.41, 5.74) is -0.829. The molecule has 2 aromatic rings. The number of hydrogen-bond donors (Lipinski definition) is 0. The van der Waals surface area contributed by atoms with Gasteiger partial charge in [0.15, 0.2) is 6.29 Å². The summed E-state index contributed by atoms with van der Waals surface area (Å²) in [6.45, 7) is 6.99. The number of benzene rings is 2. The first-order valence-corrected chi connectivity index (χ1v) is 12.7. The number of ketones is 1. The van der Waals surface area contributed by atoms with Gasteiger partial charge in [-0.15, -0.1) is 0 Å². The molecule has 0 radical (unpaired) electrons. The van der Waals surface area contributed by atoms with E-state index in [1.54, 1.807) is 14.2 Å². The van der Waals surface area contributed by atoms with Gasteiger partial charge in [-0.2, -0.15) is 0 Å². The molecule has 0 aromatic heterocycles. The first-order valence-electron chi connectivity index (χ1n) is 10.8. The highest BCUT2D eigenvalue weighted by molar-refractivity contribution is 6.99. The van der Waals surface area contributed by atoms with Crippen LogP contribution in [0.2, 0.25) is 5.04 Å². The Bertz CT molecular complexity index is 871. The highest BCUT2D eigenvalue weighted by Gasteiger charge is 2.66. The fraction of sp³-hybridized carbons (Fsp3) is 0.480. The second-order valence-corrected chi connectivity index (χ2v) is 13.9. The molecule has 166 valence electrons. The smallest absolute Gasteiger partial charge is 0.261 e. The summed E-state index contributed by atoms with van der Waals surface area (Å²) in [4.78, 5) is 12.8. The molecule has 0 amide bonds. The molecule has 1 unspecified atom stereocenters. The number of hydrogen-bond acceptors (Lipinski definition) is 5. The van der Waals surface area contributed by atoms with Gasteiger partial charge in [0, 0.05) is 20.6 Å². The summed E-state index contributed by atoms with van der Waals surface area (Å²) in [5, 5.41) is 2.23. The minimum Gasteiger partial charge on any atom is -0.404 e. The summed E-state index contributed by atoms with van der Waals surface area (Å²) in [6.07, 6.45) is -0.675. The van der Waals surface area contributed by atoms with Crippen LogP contribution in [0.1, 0.15) is 27.2 Å². The maximum atomic E-state index is 12.8. The van der Waals surface area contributed by atoms with Crippen LogP contribution in [0.3, 0.4) is 0 Å². The Morgan fingerprint density at radius 2 is 1.52 bits per heavy atom. The zero-order valence-electron chi connectivity index (χ0n) is 19.0. The Morgan fingerprint density at radius 3 is 1.97 bits per heavy atom. The van der Waals surface area contributed by atoms with Crippen LogP contribution in [0, 0.1) is 5.92 Å². The second kappa shape index (κ2) is 8.26. The molecule has 1 heterocycles. The van der Waals surface area contributed by atoms with Gasteiger partial charge in [-0.3, -0.25) is 4.79 Å². The molecule has 5 nitrogen and oxygen atoms in total. The van der Waals surface area contributed by atoms with Crippen LogP contribution in [0.15, 0.2) is 60.7 Å².